The Kier molecular flexibility index (Phi) is 16.7. The van der Waals surface area contributed by atoms with Crippen LogP contribution in [0.5, 0.6) is 0 Å². The first-order chi connectivity index (χ1) is 34.0. The third-order valence-electron chi connectivity index (χ3n) is 13.9. The molecule has 374 valence electrons. The lowest BCUT2D eigenvalue weighted by Crippen LogP contribution is -2.53. The number of hydrogen-bond acceptors (Lipinski definition) is 7. The molecule has 5 N–H and O–H groups in total. The van der Waals surface area contributed by atoms with Crippen LogP contribution in [0.25, 0.3) is 0 Å². The van der Waals surface area contributed by atoms with Crippen molar-refractivity contribution in [3.8, 4) is 0 Å². The number of nitrogens with zero attached hydrogens (tertiary/aromatic N) is 2. The van der Waals surface area contributed by atoms with Crippen molar-refractivity contribution < 1.29 is 36.7 Å². The molecule has 0 spiro atoms. The normalized spacial score (nSPS) is 22.1. The number of piperidine rings is 2. The molecular weight excluding hydrogens is 958 g/mol. The van der Waals surface area contributed by atoms with E-state index < -0.39 is 23.7 Å². The molecule has 4 fully saturated rings. The van der Waals surface area contributed by atoms with Gasteiger partial charge in [-0.25, -0.2) is 4.39 Å². The molecule has 0 saturated carbocycles. The minimum atomic E-state index is -4.49. The second kappa shape index (κ2) is 23.0. The van der Waals surface area contributed by atoms with Crippen molar-refractivity contribution in [3.05, 3.63) is 165 Å². The highest BCUT2D eigenvalue weighted by atomic mass is 35.5. The summed E-state index contributed by atoms with van der Waals surface area (Å²) < 4.78 is 52.5. The number of amides is 4. The smallest absolute Gasteiger partial charge is 0.355 e. The molecule has 0 aromatic heterocycles. The summed E-state index contributed by atoms with van der Waals surface area (Å²) >= 11 is 12.0. The van der Waals surface area contributed by atoms with Gasteiger partial charge in [-0.2, -0.15) is 13.2 Å². The van der Waals surface area contributed by atoms with Gasteiger partial charge in [0.05, 0.1) is 23.4 Å². The number of nitrogens with one attached hydrogen (secondary N) is 5. The second-order valence-electron chi connectivity index (χ2n) is 18.9. The van der Waals surface area contributed by atoms with Crippen molar-refractivity contribution in [3.63, 3.8) is 0 Å². The molecule has 4 aliphatic heterocycles. The van der Waals surface area contributed by atoms with Crippen LogP contribution in [0.1, 0.15) is 95.7 Å². The van der Waals surface area contributed by atoms with Gasteiger partial charge in [0.2, 0.25) is 11.8 Å². The lowest BCUT2D eigenvalue weighted by molar-refractivity contribution is -0.137. The quantitative estimate of drug-likeness (QED) is 0.0700. The summed E-state index contributed by atoms with van der Waals surface area (Å²) in [6.45, 7) is 3.16. The zero-order chi connectivity index (χ0) is 50.2. The van der Waals surface area contributed by atoms with Gasteiger partial charge in [0, 0.05) is 70.6 Å². The van der Waals surface area contributed by atoms with Gasteiger partial charge >= 0.3 is 6.18 Å². The van der Waals surface area contributed by atoms with Crippen molar-refractivity contribution in [2.75, 3.05) is 11.9 Å². The highest BCUT2D eigenvalue weighted by Gasteiger charge is 2.42. The molecular formula is C54H57Cl2F4N7O4. The number of benzene rings is 5. The molecule has 4 heterocycles. The van der Waals surface area contributed by atoms with E-state index in [1.54, 1.807) is 61.5 Å². The molecule has 0 aliphatic carbocycles. The molecule has 9 rings (SSSR count). The number of hydrogen-bond donors (Lipinski definition) is 5. The Hall–Kier alpha value is -6.00. The molecule has 4 saturated heterocycles. The summed E-state index contributed by atoms with van der Waals surface area (Å²) in [6, 6.07) is 33.6. The highest BCUT2D eigenvalue weighted by molar-refractivity contribution is 6.31. The number of para-hydroxylation sites is 1. The minimum absolute atomic E-state index is 0.00114. The Morgan fingerprint density at radius 3 is 1.80 bits per heavy atom. The van der Waals surface area contributed by atoms with Crippen LogP contribution in [0.2, 0.25) is 10.0 Å². The third kappa shape index (κ3) is 13.7. The Morgan fingerprint density at radius 2 is 1.21 bits per heavy atom. The topological polar surface area (TPSA) is 135 Å². The molecule has 71 heavy (non-hydrogen) atoms. The van der Waals surface area contributed by atoms with Crippen LogP contribution in [0.4, 0.5) is 28.9 Å². The molecule has 4 bridgehead atoms. The lowest BCUT2D eigenvalue weighted by Gasteiger charge is -2.39. The van der Waals surface area contributed by atoms with E-state index in [4.69, 9.17) is 23.2 Å². The largest absolute Gasteiger partial charge is 0.416 e. The van der Waals surface area contributed by atoms with Crippen LogP contribution in [-0.4, -0.2) is 82.3 Å². The van der Waals surface area contributed by atoms with E-state index in [1.165, 1.54) is 35.9 Å². The highest BCUT2D eigenvalue weighted by Crippen LogP contribution is 2.39. The van der Waals surface area contributed by atoms with Crippen LogP contribution < -0.4 is 26.6 Å². The van der Waals surface area contributed by atoms with E-state index >= 15 is 0 Å². The average molecular weight is 1010 g/mol. The van der Waals surface area contributed by atoms with Crippen LogP contribution in [-0.2, 0) is 28.9 Å². The zero-order valence-corrected chi connectivity index (χ0v) is 40.7. The van der Waals surface area contributed by atoms with E-state index in [-0.39, 0.29) is 53.4 Å². The van der Waals surface area contributed by atoms with Gasteiger partial charge in [-0.15, -0.1) is 0 Å². The number of halogens is 6. The molecule has 5 aromatic rings. The summed E-state index contributed by atoms with van der Waals surface area (Å²) in [5, 5.41) is 15.7. The van der Waals surface area contributed by atoms with E-state index in [9.17, 15) is 36.7 Å². The molecule has 17 heteroatoms. The number of anilines is 2. The van der Waals surface area contributed by atoms with Crippen LogP contribution >= 0.6 is 23.2 Å². The van der Waals surface area contributed by atoms with Crippen LogP contribution in [0, 0.1) is 5.82 Å². The third-order valence-corrected chi connectivity index (χ3v) is 14.4. The fourth-order valence-corrected chi connectivity index (χ4v) is 10.8. The molecule has 0 radical (unpaired) electrons. The molecule has 4 amide bonds. The standard InChI is InChI=1S/C30H30F4N4O2.C24H27Cl2N3O2/c31-21-10-8-19(9-11-21)18-38-24-12-13-25(38)16-23(15-24)37-28(39)17-35-29(40)26-6-1-2-7-27(26)36-22-5-3-4-20(14-22)30(32,33)34;1-15(27-24(31)17-3-2-4-19(26)11-17)23(30)28-20-12-21-9-10-22(13-20)29(21)14-16-5-7-18(25)8-6-16/h1-11,14,23-25,36H,12-13,15-18H2,(H,35,40)(H,37,39);2-8,11,15,20-22H,9-10,12-14H2,1H3,(H,27,31)(H,28,30)/t;15?,20?,21-,22?/m.0/s1. The zero-order valence-electron chi connectivity index (χ0n) is 39.2. The summed E-state index contributed by atoms with van der Waals surface area (Å²) in [5.41, 5.74) is 2.69. The van der Waals surface area contributed by atoms with Gasteiger partial charge in [-0.05, 0) is 142 Å². The second-order valence-corrected chi connectivity index (χ2v) is 19.8. The van der Waals surface area contributed by atoms with Gasteiger partial charge in [-0.1, -0.05) is 71.7 Å². The predicted octanol–water partition coefficient (Wildman–Crippen LogP) is 10.1. The van der Waals surface area contributed by atoms with E-state index in [1.807, 2.05) is 12.1 Å². The minimum Gasteiger partial charge on any atom is -0.355 e. The van der Waals surface area contributed by atoms with Crippen molar-refractivity contribution >= 4 is 58.2 Å². The summed E-state index contributed by atoms with van der Waals surface area (Å²) in [4.78, 5) is 55.7. The first-order valence-electron chi connectivity index (χ1n) is 24.0. The van der Waals surface area contributed by atoms with E-state index in [0.29, 0.717) is 40.4 Å². The molecule has 5 aromatic carbocycles. The summed E-state index contributed by atoms with van der Waals surface area (Å²) in [5.74, 6) is -1.52. The Balaban J connectivity index is 0.000000197. The van der Waals surface area contributed by atoms with E-state index in [2.05, 4.69) is 48.5 Å². The first kappa shape index (κ1) is 51.4. The van der Waals surface area contributed by atoms with Crippen molar-refractivity contribution in [2.24, 2.45) is 0 Å². The fraction of sp³-hybridized carbons (Fsp3) is 0.370. The first-order valence-corrected chi connectivity index (χ1v) is 24.8. The average Bonchev–Trinajstić information content (AvgIpc) is 3.71. The van der Waals surface area contributed by atoms with Gasteiger partial charge in [-0.3, -0.25) is 29.0 Å². The molecule has 6 atom stereocenters. The van der Waals surface area contributed by atoms with Crippen molar-refractivity contribution in [1.82, 2.24) is 31.1 Å². The van der Waals surface area contributed by atoms with E-state index in [0.717, 1.165) is 87.2 Å². The summed E-state index contributed by atoms with van der Waals surface area (Å²) in [7, 11) is 0. The maximum absolute atomic E-state index is 13.3. The molecule has 11 nitrogen and oxygen atoms in total. The maximum Gasteiger partial charge on any atom is 0.416 e. The van der Waals surface area contributed by atoms with Crippen LogP contribution in [0.15, 0.2) is 121 Å². The number of carbonyl (C=O) groups excluding carboxylic acids is 4. The fourth-order valence-electron chi connectivity index (χ4n) is 10.5. The Bertz CT molecular complexity index is 2650. The number of rotatable bonds is 14. The molecule has 5 unspecified atom stereocenters. The monoisotopic (exact) mass is 1010 g/mol. The van der Waals surface area contributed by atoms with Gasteiger partial charge in [0.1, 0.15) is 11.9 Å². The van der Waals surface area contributed by atoms with Gasteiger partial charge < -0.3 is 26.6 Å². The van der Waals surface area contributed by atoms with Crippen molar-refractivity contribution in [1.29, 1.82) is 0 Å². The number of fused-ring (bicyclic) bond motifs is 4. The number of alkyl halides is 3. The molecule has 4 aliphatic rings. The predicted molar refractivity (Wildman–Crippen MR) is 267 cm³/mol. The Labute approximate surface area is 421 Å². The van der Waals surface area contributed by atoms with Crippen LogP contribution in [0.3, 0.4) is 0 Å². The maximum atomic E-state index is 13.3. The Morgan fingerprint density at radius 1 is 0.648 bits per heavy atom. The number of carbonyl (C=O) groups is 4. The van der Waals surface area contributed by atoms with Gasteiger partial charge in [0.15, 0.2) is 0 Å². The lowest BCUT2D eigenvalue weighted by atomic mass is 9.96. The van der Waals surface area contributed by atoms with Gasteiger partial charge in [0.25, 0.3) is 11.8 Å². The summed E-state index contributed by atoms with van der Waals surface area (Å²) in [6.07, 6.45) is 3.41. The van der Waals surface area contributed by atoms with Crippen molar-refractivity contribution in [2.45, 2.75) is 120 Å². The SMILES string of the molecule is CC(NC(=O)c1cccc(Cl)c1)C(=O)NC1CC2CC[C@@H](C1)N2Cc1ccc(Cl)cc1.O=C(CNC(=O)c1ccccc1Nc1cccc(C(F)(F)F)c1)NC1CC2CCC(C1)N2Cc1ccc(F)cc1.